The summed E-state index contributed by atoms with van der Waals surface area (Å²) in [6, 6.07) is 14.5. The fraction of sp³-hybridized carbons (Fsp3) is 0.250. The zero-order valence-corrected chi connectivity index (χ0v) is 15.8. The van der Waals surface area contributed by atoms with Crippen LogP contribution in [0.15, 0.2) is 48.5 Å². The molecule has 0 aliphatic carbocycles. The van der Waals surface area contributed by atoms with E-state index in [0.717, 1.165) is 28.2 Å². The van der Waals surface area contributed by atoms with E-state index in [-0.39, 0.29) is 18.0 Å². The molecule has 0 radical (unpaired) electrons. The molecular weight excluding hydrogens is 362 g/mol. The molecule has 0 fully saturated rings. The molecule has 140 valence electrons. The third kappa shape index (κ3) is 4.68. The van der Waals surface area contributed by atoms with Gasteiger partial charge in [0.2, 0.25) is 5.91 Å². The standard InChI is InChI=1S/C20H21N3O3S/c1-27-13-18-22-16-4-2-3-5-17(16)23(18)12-19(24)21-11-10-14-6-8-15(9-7-14)20(25)26/h2-9H,10-13H2,1H3,(H,21,24)(H,25,26). The average molecular weight is 383 g/mol. The van der Waals surface area contributed by atoms with Gasteiger partial charge in [0.05, 0.1) is 22.3 Å². The number of para-hydroxylation sites is 2. The van der Waals surface area contributed by atoms with Crippen LogP contribution in [0.4, 0.5) is 0 Å². The van der Waals surface area contributed by atoms with Gasteiger partial charge < -0.3 is 15.0 Å². The van der Waals surface area contributed by atoms with Crippen molar-refractivity contribution in [1.82, 2.24) is 14.9 Å². The lowest BCUT2D eigenvalue weighted by Crippen LogP contribution is -2.29. The summed E-state index contributed by atoms with van der Waals surface area (Å²) in [6.45, 7) is 0.726. The molecule has 0 saturated carbocycles. The Labute approximate surface area is 161 Å². The number of carbonyl (C=O) groups is 2. The minimum Gasteiger partial charge on any atom is -0.478 e. The highest BCUT2D eigenvalue weighted by atomic mass is 32.2. The number of hydrogen-bond acceptors (Lipinski definition) is 4. The van der Waals surface area contributed by atoms with Crippen molar-refractivity contribution in [3.05, 3.63) is 65.5 Å². The van der Waals surface area contributed by atoms with Crippen LogP contribution in [0.1, 0.15) is 21.7 Å². The first-order chi connectivity index (χ1) is 13.1. The lowest BCUT2D eigenvalue weighted by atomic mass is 10.1. The quantitative estimate of drug-likeness (QED) is 0.625. The van der Waals surface area contributed by atoms with E-state index in [1.807, 2.05) is 35.1 Å². The maximum atomic E-state index is 12.4. The third-order valence-electron chi connectivity index (χ3n) is 4.25. The Morgan fingerprint density at radius 1 is 1.15 bits per heavy atom. The van der Waals surface area contributed by atoms with Crippen molar-refractivity contribution >= 4 is 34.7 Å². The second kappa shape index (κ2) is 8.73. The predicted octanol–water partition coefficient (Wildman–Crippen LogP) is 2.96. The molecule has 0 atom stereocenters. The van der Waals surface area contributed by atoms with Crippen LogP contribution < -0.4 is 5.32 Å². The number of aromatic nitrogens is 2. The number of hydrogen-bond donors (Lipinski definition) is 2. The number of aromatic carboxylic acids is 1. The van der Waals surface area contributed by atoms with Crippen molar-refractivity contribution < 1.29 is 14.7 Å². The van der Waals surface area contributed by atoms with E-state index >= 15 is 0 Å². The molecular formula is C20H21N3O3S. The van der Waals surface area contributed by atoms with Gasteiger partial charge in [-0.2, -0.15) is 11.8 Å². The highest BCUT2D eigenvalue weighted by molar-refractivity contribution is 7.97. The summed E-state index contributed by atoms with van der Waals surface area (Å²) in [5, 5.41) is 11.8. The van der Waals surface area contributed by atoms with Gasteiger partial charge in [-0.05, 0) is 42.5 Å². The number of rotatable bonds is 8. The van der Waals surface area contributed by atoms with Gasteiger partial charge in [0.15, 0.2) is 0 Å². The zero-order valence-electron chi connectivity index (χ0n) is 15.0. The summed E-state index contributed by atoms with van der Waals surface area (Å²) < 4.78 is 1.96. The van der Waals surface area contributed by atoms with Gasteiger partial charge in [-0.3, -0.25) is 4.79 Å². The van der Waals surface area contributed by atoms with Gasteiger partial charge in [0.25, 0.3) is 0 Å². The van der Waals surface area contributed by atoms with Gasteiger partial charge >= 0.3 is 5.97 Å². The van der Waals surface area contributed by atoms with E-state index in [2.05, 4.69) is 10.3 Å². The second-order valence-corrected chi connectivity index (χ2v) is 7.00. The van der Waals surface area contributed by atoms with Crippen molar-refractivity contribution in [3.8, 4) is 0 Å². The Balaban J connectivity index is 1.60. The first kappa shape index (κ1) is 19.0. The number of benzene rings is 2. The topological polar surface area (TPSA) is 84.2 Å². The summed E-state index contributed by atoms with van der Waals surface area (Å²) in [7, 11) is 0. The monoisotopic (exact) mass is 383 g/mol. The number of carboxylic acid groups (broad SMARTS) is 1. The Hall–Kier alpha value is -2.80. The molecule has 2 N–H and O–H groups in total. The lowest BCUT2D eigenvalue weighted by molar-refractivity contribution is -0.121. The van der Waals surface area contributed by atoms with E-state index in [4.69, 9.17) is 5.11 Å². The van der Waals surface area contributed by atoms with E-state index < -0.39 is 5.97 Å². The third-order valence-corrected chi connectivity index (χ3v) is 4.79. The summed E-state index contributed by atoms with van der Waals surface area (Å²) in [6.07, 6.45) is 2.66. The van der Waals surface area contributed by atoms with Crippen LogP contribution >= 0.6 is 11.8 Å². The fourth-order valence-electron chi connectivity index (χ4n) is 2.90. The Bertz CT molecular complexity index is 951. The molecule has 0 unspecified atom stereocenters. The molecule has 3 rings (SSSR count). The molecule has 0 aliphatic rings. The molecule has 27 heavy (non-hydrogen) atoms. The summed E-state index contributed by atoms with van der Waals surface area (Å²) in [5.41, 5.74) is 3.10. The first-order valence-corrected chi connectivity index (χ1v) is 10.00. The van der Waals surface area contributed by atoms with Gasteiger partial charge in [0, 0.05) is 6.54 Å². The minimum absolute atomic E-state index is 0.0670. The second-order valence-electron chi connectivity index (χ2n) is 6.14. The highest BCUT2D eigenvalue weighted by Crippen LogP contribution is 2.18. The van der Waals surface area contributed by atoms with Gasteiger partial charge in [0.1, 0.15) is 12.4 Å². The van der Waals surface area contributed by atoms with E-state index in [1.165, 1.54) is 0 Å². The van der Waals surface area contributed by atoms with Gasteiger partial charge in [-0.1, -0.05) is 24.3 Å². The molecule has 0 saturated heterocycles. The van der Waals surface area contributed by atoms with Crippen LogP contribution in [0.25, 0.3) is 11.0 Å². The van der Waals surface area contributed by atoms with Crippen LogP contribution in [0.2, 0.25) is 0 Å². The van der Waals surface area contributed by atoms with Crippen LogP contribution in [0.5, 0.6) is 0 Å². The molecule has 1 aromatic heterocycles. The largest absolute Gasteiger partial charge is 0.478 e. The highest BCUT2D eigenvalue weighted by Gasteiger charge is 2.13. The van der Waals surface area contributed by atoms with Crippen molar-refractivity contribution in [2.24, 2.45) is 0 Å². The van der Waals surface area contributed by atoms with Gasteiger partial charge in [-0.15, -0.1) is 0 Å². The predicted molar refractivity (Wildman–Crippen MR) is 107 cm³/mol. The van der Waals surface area contributed by atoms with Crippen molar-refractivity contribution in [3.63, 3.8) is 0 Å². The lowest BCUT2D eigenvalue weighted by Gasteiger charge is -2.10. The SMILES string of the molecule is CSCc1nc2ccccc2n1CC(=O)NCCc1ccc(C(=O)O)cc1. The maximum absolute atomic E-state index is 12.4. The molecule has 0 bridgehead atoms. The molecule has 2 aromatic carbocycles. The zero-order chi connectivity index (χ0) is 19.2. The van der Waals surface area contributed by atoms with Crippen LogP contribution in [-0.2, 0) is 23.5 Å². The first-order valence-electron chi connectivity index (χ1n) is 8.60. The minimum atomic E-state index is -0.941. The number of amides is 1. The van der Waals surface area contributed by atoms with Crippen LogP contribution in [-0.4, -0.2) is 39.3 Å². The number of fused-ring (bicyclic) bond motifs is 1. The van der Waals surface area contributed by atoms with E-state index in [1.54, 1.807) is 36.0 Å². The normalized spacial score (nSPS) is 10.9. The molecule has 6 nitrogen and oxygen atoms in total. The number of imidazole rings is 1. The Kier molecular flexibility index (Phi) is 6.13. The summed E-state index contributed by atoms with van der Waals surface area (Å²) >= 11 is 1.67. The Morgan fingerprint density at radius 2 is 1.89 bits per heavy atom. The van der Waals surface area contributed by atoms with Gasteiger partial charge in [-0.25, -0.2) is 9.78 Å². The summed E-state index contributed by atoms with van der Waals surface area (Å²) in [4.78, 5) is 27.9. The van der Waals surface area contributed by atoms with Crippen molar-refractivity contribution in [2.45, 2.75) is 18.7 Å². The van der Waals surface area contributed by atoms with Crippen LogP contribution in [0.3, 0.4) is 0 Å². The summed E-state index contributed by atoms with van der Waals surface area (Å²) in [5.74, 6) is 0.631. The number of thioether (sulfide) groups is 1. The molecule has 0 aliphatic heterocycles. The average Bonchev–Trinajstić information content (AvgIpc) is 3.00. The molecule has 3 aromatic rings. The molecule has 0 spiro atoms. The Morgan fingerprint density at radius 3 is 2.59 bits per heavy atom. The maximum Gasteiger partial charge on any atom is 0.335 e. The number of carbonyl (C=O) groups excluding carboxylic acids is 1. The van der Waals surface area contributed by atoms with Crippen LogP contribution in [0, 0.1) is 0 Å². The van der Waals surface area contributed by atoms with Crippen molar-refractivity contribution in [2.75, 3.05) is 12.8 Å². The van der Waals surface area contributed by atoms with E-state index in [0.29, 0.717) is 13.0 Å². The molecule has 1 amide bonds. The number of carboxylic acids is 1. The smallest absolute Gasteiger partial charge is 0.335 e. The van der Waals surface area contributed by atoms with E-state index in [9.17, 15) is 9.59 Å². The fourth-order valence-corrected chi connectivity index (χ4v) is 3.38. The number of nitrogens with zero attached hydrogens (tertiary/aromatic N) is 2. The van der Waals surface area contributed by atoms with Crippen molar-refractivity contribution in [1.29, 1.82) is 0 Å². The molecule has 1 heterocycles. The molecule has 7 heteroatoms. The number of nitrogens with one attached hydrogen (secondary N) is 1.